The third-order valence-corrected chi connectivity index (χ3v) is 4.98. The lowest BCUT2D eigenvalue weighted by Crippen LogP contribution is -2.35. The second-order valence-corrected chi connectivity index (χ2v) is 6.88. The number of halogens is 1. The number of aromatic nitrogens is 3. The van der Waals surface area contributed by atoms with Gasteiger partial charge in [-0.3, -0.25) is 4.79 Å². The van der Waals surface area contributed by atoms with Crippen molar-refractivity contribution in [2.75, 3.05) is 31.1 Å². The Balaban J connectivity index is 1.52. The van der Waals surface area contributed by atoms with Crippen LogP contribution in [0, 0.1) is 5.82 Å². The van der Waals surface area contributed by atoms with Crippen molar-refractivity contribution in [3.8, 4) is 11.5 Å². The number of anilines is 1. The molecule has 1 fully saturated rings. The van der Waals surface area contributed by atoms with Gasteiger partial charge in [-0.2, -0.15) is 4.98 Å². The van der Waals surface area contributed by atoms with Gasteiger partial charge in [0.2, 0.25) is 0 Å². The average Bonchev–Trinajstić information content (AvgIpc) is 3.10. The zero-order valence-corrected chi connectivity index (χ0v) is 16.2. The first-order valence-electron chi connectivity index (χ1n) is 9.73. The fourth-order valence-corrected chi connectivity index (χ4v) is 3.43. The molecule has 0 radical (unpaired) electrons. The topological polar surface area (TPSA) is 75.4 Å². The molecule has 1 saturated heterocycles. The summed E-state index contributed by atoms with van der Waals surface area (Å²) in [6, 6.07) is 9.44. The minimum Gasteiger partial charge on any atom is -0.354 e. The molecular formula is C21H22FN5O2. The highest BCUT2D eigenvalue weighted by Crippen LogP contribution is 2.28. The summed E-state index contributed by atoms with van der Waals surface area (Å²) in [6.07, 6.45) is 3.23. The van der Waals surface area contributed by atoms with E-state index in [4.69, 9.17) is 4.52 Å². The van der Waals surface area contributed by atoms with E-state index in [0.717, 1.165) is 24.3 Å². The minimum atomic E-state index is -0.349. The summed E-state index contributed by atoms with van der Waals surface area (Å²) in [5, 5.41) is 3.98. The van der Waals surface area contributed by atoms with Crippen molar-refractivity contribution in [1.82, 2.24) is 20.0 Å². The molecule has 2 aromatic heterocycles. The monoisotopic (exact) mass is 395 g/mol. The van der Waals surface area contributed by atoms with Crippen molar-refractivity contribution >= 4 is 11.7 Å². The predicted octanol–water partition coefficient (Wildman–Crippen LogP) is 3.19. The maximum Gasteiger partial charge on any atom is 0.261 e. The van der Waals surface area contributed by atoms with E-state index in [1.54, 1.807) is 11.1 Å². The number of benzene rings is 1. The highest BCUT2D eigenvalue weighted by Gasteiger charge is 2.24. The van der Waals surface area contributed by atoms with Gasteiger partial charge >= 0.3 is 0 Å². The van der Waals surface area contributed by atoms with Crippen molar-refractivity contribution in [2.45, 2.75) is 19.8 Å². The number of aryl methyl sites for hydroxylation is 1. The number of amides is 1. The van der Waals surface area contributed by atoms with Crippen LogP contribution >= 0.6 is 0 Å². The summed E-state index contributed by atoms with van der Waals surface area (Å²) in [6.45, 7) is 4.55. The van der Waals surface area contributed by atoms with Crippen LogP contribution in [0.2, 0.25) is 0 Å². The summed E-state index contributed by atoms with van der Waals surface area (Å²) in [5.41, 5.74) is 1.29. The number of carbonyl (C=O) groups excluding carboxylic acids is 1. The van der Waals surface area contributed by atoms with E-state index in [1.807, 2.05) is 19.1 Å². The highest BCUT2D eigenvalue weighted by molar-refractivity contribution is 5.94. The molecule has 7 nitrogen and oxygen atoms in total. The molecule has 3 heterocycles. The Bertz CT molecular complexity index is 989. The Morgan fingerprint density at radius 3 is 2.72 bits per heavy atom. The van der Waals surface area contributed by atoms with Gasteiger partial charge in [-0.1, -0.05) is 12.1 Å². The molecule has 0 saturated carbocycles. The molecule has 3 aromatic rings. The molecule has 4 rings (SSSR count). The first-order chi connectivity index (χ1) is 14.2. The SMILES string of the molecule is CCc1noc(-c2cccnc2N2CCCN(C(=O)c3ccc(F)cc3)CC2)n1. The predicted molar refractivity (Wildman–Crippen MR) is 106 cm³/mol. The molecule has 1 aliphatic rings. The van der Waals surface area contributed by atoms with Gasteiger partial charge in [0.1, 0.15) is 11.6 Å². The molecule has 1 amide bonds. The molecule has 150 valence electrons. The standard InChI is InChI=1S/C21H22FN5O2/c1-2-18-24-20(29-25-18)17-5-3-10-23-19(17)26-11-4-12-27(14-13-26)21(28)15-6-8-16(22)9-7-15/h3,5-10H,2,4,11-14H2,1H3. The number of nitrogens with zero attached hydrogens (tertiary/aromatic N) is 5. The Kier molecular flexibility index (Phi) is 5.50. The Morgan fingerprint density at radius 1 is 1.14 bits per heavy atom. The van der Waals surface area contributed by atoms with Gasteiger partial charge in [0.05, 0.1) is 5.56 Å². The fraction of sp³-hybridized carbons (Fsp3) is 0.333. The van der Waals surface area contributed by atoms with Gasteiger partial charge in [0.25, 0.3) is 11.8 Å². The van der Waals surface area contributed by atoms with Gasteiger partial charge in [-0.15, -0.1) is 0 Å². The molecule has 0 spiro atoms. The smallest absolute Gasteiger partial charge is 0.261 e. The van der Waals surface area contributed by atoms with E-state index >= 15 is 0 Å². The molecule has 0 N–H and O–H groups in total. The molecule has 8 heteroatoms. The van der Waals surface area contributed by atoms with Gasteiger partial charge in [-0.05, 0) is 42.8 Å². The van der Waals surface area contributed by atoms with Gasteiger partial charge in [0.15, 0.2) is 5.82 Å². The normalized spacial score (nSPS) is 14.7. The van der Waals surface area contributed by atoms with Gasteiger partial charge in [0, 0.05) is 44.4 Å². The number of hydrogen-bond donors (Lipinski definition) is 0. The second-order valence-electron chi connectivity index (χ2n) is 6.88. The van der Waals surface area contributed by atoms with Crippen LogP contribution in [-0.2, 0) is 6.42 Å². The lowest BCUT2D eigenvalue weighted by molar-refractivity contribution is 0.0767. The largest absolute Gasteiger partial charge is 0.354 e. The molecule has 0 unspecified atom stereocenters. The van der Waals surface area contributed by atoms with Crippen molar-refractivity contribution in [3.05, 3.63) is 59.8 Å². The van der Waals surface area contributed by atoms with E-state index in [2.05, 4.69) is 20.0 Å². The van der Waals surface area contributed by atoms with Crippen molar-refractivity contribution in [2.24, 2.45) is 0 Å². The molecule has 0 atom stereocenters. The zero-order valence-electron chi connectivity index (χ0n) is 16.2. The summed E-state index contributed by atoms with van der Waals surface area (Å²) >= 11 is 0. The first-order valence-corrected chi connectivity index (χ1v) is 9.73. The Hall–Kier alpha value is -3.29. The summed E-state index contributed by atoms with van der Waals surface area (Å²) in [4.78, 5) is 25.7. The van der Waals surface area contributed by atoms with Crippen molar-refractivity contribution in [3.63, 3.8) is 0 Å². The van der Waals surface area contributed by atoms with Gasteiger partial charge in [-0.25, -0.2) is 9.37 Å². The minimum absolute atomic E-state index is 0.0856. The molecule has 1 aromatic carbocycles. The molecule has 0 aliphatic carbocycles. The maximum absolute atomic E-state index is 13.1. The number of carbonyl (C=O) groups is 1. The molecular weight excluding hydrogens is 373 g/mol. The second kappa shape index (κ2) is 8.38. The van der Waals surface area contributed by atoms with Crippen LogP contribution in [0.5, 0.6) is 0 Å². The third kappa shape index (κ3) is 4.11. The van der Waals surface area contributed by atoms with Crippen molar-refractivity contribution < 1.29 is 13.7 Å². The average molecular weight is 395 g/mol. The van der Waals surface area contributed by atoms with Crippen LogP contribution in [0.3, 0.4) is 0 Å². The fourth-order valence-electron chi connectivity index (χ4n) is 3.43. The van der Waals surface area contributed by atoms with Gasteiger partial charge < -0.3 is 14.3 Å². The van der Waals surface area contributed by atoms with Crippen LogP contribution in [0.25, 0.3) is 11.5 Å². The Labute approximate surface area is 168 Å². The van der Waals surface area contributed by atoms with Crippen LogP contribution in [0.1, 0.15) is 29.5 Å². The summed E-state index contributed by atoms with van der Waals surface area (Å²) in [5.74, 6) is 1.45. The van der Waals surface area contributed by atoms with Crippen molar-refractivity contribution in [1.29, 1.82) is 0 Å². The van der Waals surface area contributed by atoms with E-state index < -0.39 is 0 Å². The highest BCUT2D eigenvalue weighted by atomic mass is 19.1. The quantitative estimate of drug-likeness (QED) is 0.675. The first kappa shape index (κ1) is 19.0. The van der Waals surface area contributed by atoms with Crippen LogP contribution in [0.4, 0.5) is 10.2 Å². The maximum atomic E-state index is 13.1. The van der Waals surface area contributed by atoms with Crippen LogP contribution < -0.4 is 4.90 Å². The van der Waals surface area contributed by atoms with E-state index in [9.17, 15) is 9.18 Å². The Morgan fingerprint density at radius 2 is 1.97 bits per heavy atom. The van der Waals surface area contributed by atoms with E-state index in [-0.39, 0.29) is 11.7 Å². The number of pyridine rings is 1. The third-order valence-electron chi connectivity index (χ3n) is 4.98. The molecule has 1 aliphatic heterocycles. The zero-order chi connectivity index (χ0) is 20.2. The van der Waals surface area contributed by atoms with Crippen LogP contribution in [-0.4, -0.2) is 52.1 Å². The summed E-state index contributed by atoms with van der Waals surface area (Å²) < 4.78 is 18.6. The molecule has 29 heavy (non-hydrogen) atoms. The van der Waals surface area contributed by atoms with E-state index in [0.29, 0.717) is 43.3 Å². The van der Waals surface area contributed by atoms with Crippen LogP contribution in [0.15, 0.2) is 47.1 Å². The molecule has 0 bridgehead atoms. The number of rotatable bonds is 4. The summed E-state index contributed by atoms with van der Waals surface area (Å²) in [7, 11) is 0. The number of hydrogen-bond acceptors (Lipinski definition) is 6. The lowest BCUT2D eigenvalue weighted by atomic mass is 10.2. The van der Waals surface area contributed by atoms with E-state index in [1.165, 1.54) is 24.3 Å². The lowest BCUT2D eigenvalue weighted by Gasteiger charge is -2.24.